The van der Waals surface area contributed by atoms with Crippen LogP contribution in [0.2, 0.25) is 0 Å². The number of carbonyl (C=O) groups is 1. The van der Waals surface area contributed by atoms with Crippen LogP contribution >= 0.6 is 27.7 Å². The number of para-hydroxylation sites is 1. The molecule has 25 heavy (non-hydrogen) atoms. The summed E-state index contributed by atoms with van der Waals surface area (Å²) in [5.41, 5.74) is 2.59. The molecule has 2 N–H and O–H groups in total. The molecule has 1 heterocycles. The monoisotopic (exact) mass is 418 g/mol. The van der Waals surface area contributed by atoms with Gasteiger partial charge >= 0.3 is 0 Å². The molecule has 2 aromatic rings. The lowest BCUT2D eigenvalue weighted by molar-refractivity contribution is -0.115. The number of phenolic OH excluding ortho intramolecular Hbond substituents is 1. The minimum atomic E-state index is -0.208. The second-order valence-corrected chi connectivity index (χ2v) is 7.21. The highest BCUT2D eigenvalue weighted by molar-refractivity contribution is 9.10. The number of aryl methyl sites for hydroxylation is 1. The van der Waals surface area contributed by atoms with E-state index in [4.69, 9.17) is 4.74 Å². The van der Waals surface area contributed by atoms with Gasteiger partial charge < -0.3 is 15.2 Å². The van der Waals surface area contributed by atoms with Crippen molar-refractivity contribution in [1.82, 2.24) is 5.32 Å². The molecule has 2 aromatic carbocycles. The number of thioether (sulfide) groups is 1. The van der Waals surface area contributed by atoms with Crippen molar-refractivity contribution in [2.45, 2.75) is 6.92 Å². The third-order valence-electron chi connectivity index (χ3n) is 3.56. The van der Waals surface area contributed by atoms with E-state index in [1.165, 1.54) is 18.9 Å². The number of methoxy groups -OCH3 is 1. The molecule has 3 rings (SSSR count). The first-order valence-corrected chi connectivity index (χ1v) is 9.00. The van der Waals surface area contributed by atoms with E-state index < -0.39 is 0 Å². The number of aliphatic imine (C=N–C) groups is 1. The summed E-state index contributed by atoms with van der Waals surface area (Å²) < 4.78 is 5.63. The Balaban J connectivity index is 1.90. The molecule has 0 unspecified atom stereocenters. The molecule has 128 valence electrons. The summed E-state index contributed by atoms with van der Waals surface area (Å²) in [6.45, 7) is 1.97. The number of nitrogens with one attached hydrogen (secondary N) is 1. The number of ether oxygens (including phenoxy) is 1. The van der Waals surface area contributed by atoms with Crippen LogP contribution in [0, 0.1) is 6.92 Å². The fourth-order valence-electron chi connectivity index (χ4n) is 2.26. The number of hydrogen-bond acceptors (Lipinski definition) is 5. The van der Waals surface area contributed by atoms with Gasteiger partial charge in [0.2, 0.25) is 0 Å². The van der Waals surface area contributed by atoms with Gasteiger partial charge in [0, 0.05) is 0 Å². The van der Waals surface area contributed by atoms with Crippen molar-refractivity contribution in [2.75, 3.05) is 7.11 Å². The van der Waals surface area contributed by atoms with Crippen LogP contribution < -0.4 is 10.1 Å². The van der Waals surface area contributed by atoms with Crippen LogP contribution in [0.1, 0.15) is 11.1 Å². The van der Waals surface area contributed by atoms with Gasteiger partial charge in [0.05, 0.1) is 22.2 Å². The Morgan fingerprint density at radius 2 is 2.08 bits per heavy atom. The van der Waals surface area contributed by atoms with Crippen LogP contribution in [0.15, 0.2) is 50.8 Å². The molecule has 0 aromatic heterocycles. The number of rotatable bonds is 3. The number of amidine groups is 1. The molecule has 0 spiro atoms. The topological polar surface area (TPSA) is 70.9 Å². The summed E-state index contributed by atoms with van der Waals surface area (Å²) in [5.74, 6) is 0.147. The van der Waals surface area contributed by atoms with Gasteiger partial charge in [0.15, 0.2) is 16.7 Å². The first-order chi connectivity index (χ1) is 12.0. The quantitative estimate of drug-likeness (QED) is 0.726. The Labute approximate surface area is 157 Å². The molecule has 1 aliphatic heterocycles. The molecule has 7 heteroatoms. The Bertz CT molecular complexity index is 909. The van der Waals surface area contributed by atoms with E-state index in [0.29, 0.717) is 20.3 Å². The number of amides is 1. The maximum absolute atomic E-state index is 12.2. The summed E-state index contributed by atoms with van der Waals surface area (Å²) in [7, 11) is 1.47. The maximum Gasteiger partial charge on any atom is 0.264 e. The Morgan fingerprint density at radius 3 is 2.80 bits per heavy atom. The van der Waals surface area contributed by atoms with E-state index in [1.54, 1.807) is 18.2 Å². The van der Waals surface area contributed by atoms with Crippen molar-refractivity contribution in [3.05, 3.63) is 56.9 Å². The zero-order chi connectivity index (χ0) is 18.0. The SMILES string of the molecule is COc1cc(/C=C2\SC(=Nc3ccccc3C)NC2=O)cc(Br)c1O. The zero-order valence-corrected chi connectivity index (χ0v) is 15.9. The third-order valence-corrected chi connectivity index (χ3v) is 5.07. The second-order valence-electron chi connectivity index (χ2n) is 5.32. The van der Waals surface area contributed by atoms with Crippen molar-refractivity contribution in [3.63, 3.8) is 0 Å². The molecule has 1 amide bonds. The molecule has 0 bridgehead atoms. The Hall–Kier alpha value is -2.25. The standard InChI is InChI=1S/C18H15BrN2O3S/c1-10-5-3-4-6-13(10)20-18-21-17(23)15(25-18)9-11-7-12(19)16(22)14(8-11)24-2/h3-9,22H,1-2H3,(H,20,21,23)/b15-9-. The first-order valence-electron chi connectivity index (χ1n) is 7.39. The lowest BCUT2D eigenvalue weighted by Gasteiger charge is -2.06. The molecule has 1 aliphatic rings. The molecule has 1 saturated heterocycles. The average Bonchev–Trinajstić information content (AvgIpc) is 2.92. The lowest BCUT2D eigenvalue weighted by Crippen LogP contribution is -2.19. The summed E-state index contributed by atoms with van der Waals surface area (Å²) in [4.78, 5) is 17.2. The summed E-state index contributed by atoms with van der Waals surface area (Å²) >= 11 is 4.55. The number of nitrogens with zero attached hydrogens (tertiary/aromatic N) is 1. The molecule has 0 saturated carbocycles. The van der Waals surface area contributed by atoms with E-state index in [9.17, 15) is 9.90 Å². The minimum absolute atomic E-state index is 0.0231. The van der Waals surface area contributed by atoms with E-state index in [2.05, 4.69) is 26.2 Å². The van der Waals surface area contributed by atoms with Gasteiger partial charge in [0.25, 0.3) is 5.91 Å². The molecule has 0 atom stereocenters. The molecular weight excluding hydrogens is 404 g/mol. The number of hydrogen-bond donors (Lipinski definition) is 2. The normalized spacial score (nSPS) is 17.2. The fourth-order valence-corrected chi connectivity index (χ4v) is 3.56. The van der Waals surface area contributed by atoms with E-state index in [1.807, 2.05) is 31.2 Å². The smallest absolute Gasteiger partial charge is 0.264 e. The highest BCUT2D eigenvalue weighted by atomic mass is 79.9. The van der Waals surface area contributed by atoms with Crippen LogP contribution in [0.3, 0.4) is 0 Å². The molecule has 0 aliphatic carbocycles. The lowest BCUT2D eigenvalue weighted by atomic mass is 10.2. The van der Waals surface area contributed by atoms with Crippen molar-refractivity contribution in [1.29, 1.82) is 0 Å². The number of benzene rings is 2. The van der Waals surface area contributed by atoms with Gasteiger partial charge in [-0.1, -0.05) is 18.2 Å². The number of phenols is 1. The van der Waals surface area contributed by atoms with E-state index >= 15 is 0 Å². The van der Waals surface area contributed by atoms with Crippen LogP contribution in [0.5, 0.6) is 11.5 Å². The predicted molar refractivity (Wildman–Crippen MR) is 104 cm³/mol. The van der Waals surface area contributed by atoms with E-state index in [0.717, 1.165) is 16.8 Å². The van der Waals surface area contributed by atoms with Gasteiger partial charge in [0.1, 0.15) is 0 Å². The number of aromatic hydroxyl groups is 1. The summed E-state index contributed by atoms with van der Waals surface area (Å²) in [6, 6.07) is 11.1. The third kappa shape index (κ3) is 3.88. The summed E-state index contributed by atoms with van der Waals surface area (Å²) in [5, 5.41) is 13.2. The molecule has 5 nitrogen and oxygen atoms in total. The van der Waals surface area contributed by atoms with Crippen LogP contribution in [0.4, 0.5) is 5.69 Å². The highest BCUT2D eigenvalue weighted by Gasteiger charge is 2.24. The van der Waals surface area contributed by atoms with Gasteiger partial charge in [-0.15, -0.1) is 0 Å². The summed E-state index contributed by atoms with van der Waals surface area (Å²) in [6.07, 6.45) is 1.73. The van der Waals surface area contributed by atoms with Crippen molar-refractivity contribution >= 4 is 50.5 Å². The van der Waals surface area contributed by atoms with Gasteiger partial charge in [-0.25, -0.2) is 4.99 Å². The average molecular weight is 419 g/mol. The minimum Gasteiger partial charge on any atom is -0.503 e. The Morgan fingerprint density at radius 1 is 1.32 bits per heavy atom. The van der Waals surface area contributed by atoms with Crippen molar-refractivity contribution in [2.24, 2.45) is 4.99 Å². The second kappa shape index (κ2) is 7.33. The van der Waals surface area contributed by atoms with Gasteiger partial charge in [-0.05, 0) is 70.0 Å². The molecule has 1 fully saturated rings. The molecular formula is C18H15BrN2O3S. The Kier molecular flexibility index (Phi) is 5.15. The highest BCUT2D eigenvalue weighted by Crippen LogP contribution is 2.37. The number of carbonyl (C=O) groups excluding carboxylic acids is 1. The van der Waals surface area contributed by atoms with Gasteiger partial charge in [-0.3, -0.25) is 4.79 Å². The maximum atomic E-state index is 12.2. The van der Waals surface area contributed by atoms with Crippen molar-refractivity contribution in [3.8, 4) is 11.5 Å². The first kappa shape index (κ1) is 17.6. The van der Waals surface area contributed by atoms with E-state index in [-0.39, 0.29) is 11.7 Å². The van der Waals surface area contributed by atoms with Crippen LogP contribution in [0.25, 0.3) is 6.08 Å². The largest absolute Gasteiger partial charge is 0.503 e. The van der Waals surface area contributed by atoms with Crippen LogP contribution in [-0.4, -0.2) is 23.3 Å². The number of halogens is 1. The van der Waals surface area contributed by atoms with Gasteiger partial charge in [-0.2, -0.15) is 0 Å². The fraction of sp³-hybridized carbons (Fsp3) is 0.111. The predicted octanol–water partition coefficient (Wildman–Crippen LogP) is 4.36. The van der Waals surface area contributed by atoms with Crippen LogP contribution in [-0.2, 0) is 4.79 Å². The van der Waals surface area contributed by atoms with Crippen molar-refractivity contribution < 1.29 is 14.6 Å². The molecule has 0 radical (unpaired) electrons. The zero-order valence-electron chi connectivity index (χ0n) is 13.5.